The van der Waals surface area contributed by atoms with Crippen molar-refractivity contribution in [3.63, 3.8) is 0 Å². The van der Waals surface area contributed by atoms with Crippen LogP contribution in [0, 0.1) is 0 Å². The van der Waals surface area contributed by atoms with Gasteiger partial charge in [-0.15, -0.1) is 0 Å². The van der Waals surface area contributed by atoms with Gasteiger partial charge in [0.2, 0.25) is 0 Å². The largest absolute Gasteiger partial charge is 0.477 e. The number of carbonyl (C=O) groups is 4. The van der Waals surface area contributed by atoms with Gasteiger partial charge >= 0.3 is 30.1 Å². The molecule has 25 nitrogen and oxygen atoms in total. The van der Waals surface area contributed by atoms with Gasteiger partial charge in [0.1, 0.15) is 38.2 Å². The quantitative estimate of drug-likeness (QED) is 0.0940. The number of aromatic nitrogens is 11. The van der Waals surface area contributed by atoms with E-state index in [0.717, 1.165) is 35.0 Å². The Balaban J connectivity index is 0.000000220. The first-order chi connectivity index (χ1) is 35.1. The number of sulfone groups is 3. The Bertz CT molecular complexity index is 3550. The minimum absolute atomic E-state index is 0.0642. The summed E-state index contributed by atoms with van der Waals surface area (Å²) in [4.78, 5) is 69.8. The number of hydrogen-bond donors (Lipinski definition) is 4. The highest BCUT2D eigenvalue weighted by Gasteiger charge is 2.34. The summed E-state index contributed by atoms with van der Waals surface area (Å²) in [5.41, 5.74) is -1.98. The number of carboxylic acid groups (broad SMARTS) is 4. The predicted molar refractivity (Wildman–Crippen MR) is 255 cm³/mol. The van der Waals surface area contributed by atoms with Crippen molar-refractivity contribution in [3.8, 4) is 23.2 Å². The predicted octanol–water partition coefficient (Wildman–Crippen LogP) is 5.35. The summed E-state index contributed by atoms with van der Waals surface area (Å²) in [6.07, 6.45) is 3.47. The molecule has 0 saturated heterocycles. The van der Waals surface area contributed by atoms with Gasteiger partial charge in [0.05, 0.1) is 17.3 Å². The molecule has 32 heteroatoms. The van der Waals surface area contributed by atoms with E-state index in [0.29, 0.717) is 12.5 Å². The lowest BCUT2D eigenvalue weighted by molar-refractivity contribution is -0.141. The Labute approximate surface area is 428 Å². The van der Waals surface area contributed by atoms with Gasteiger partial charge in [0, 0.05) is 18.6 Å². The Morgan fingerprint density at radius 3 is 1.48 bits per heavy atom. The molecule has 0 spiro atoms. The molecule has 0 aliphatic carbocycles. The van der Waals surface area contributed by atoms with Gasteiger partial charge < -0.3 is 20.4 Å². The topological polar surface area (TPSA) is 377 Å². The van der Waals surface area contributed by atoms with Gasteiger partial charge in [-0.05, 0) is 66.6 Å². The number of aryl methyl sites for hydroxylation is 1. The van der Waals surface area contributed by atoms with Gasteiger partial charge in [-0.3, -0.25) is 0 Å². The second-order valence-corrected chi connectivity index (χ2v) is 21.6. The van der Waals surface area contributed by atoms with Crippen molar-refractivity contribution in [2.24, 2.45) is 0 Å². The molecule has 0 radical (unpaired) electrons. The summed E-state index contributed by atoms with van der Waals surface area (Å²) >= 11 is 5.59. The first-order valence-electron chi connectivity index (χ1n) is 21.2. The molecule has 0 bridgehead atoms. The third-order valence-corrected chi connectivity index (χ3v) is 15.0. The molecular weight excluding hydrogens is 1080 g/mol. The van der Waals surface area contributed by atoms with Crippen LogP contribution in [0.4, 0.5) is 13.2 Å². The summed E-state index contributed by atoms with van der Waals surface area (Å²) in [6.45, 7) is 6.19. The van der Waals surface area contributed by atoms with Gasteiger partial charge in [-0.25, -0.2) is 88.7 Å². The van der Waals surface area contributed by atoms with Crippen molar-refractivity contribution in [2.45, 2.75) is 61.4 Å². The number of pyridine rings is 4. The normalized spacial score (nSPS) is 11.4. The number of aromatic carboxylic acids is 4. The highest BCUT2D eigenvalue weighted by Crippen LogP contribution is 2.28. The Kier molecular flexibility index (Phi) is 19.9. The van der Waals surface area contributed by atoms with E-state index < -0.39 is 87.2 Å². The lowest BCUT2D eigenvalue weighted by Crippen LogP contribution is -2.15. The van der Waals surface area contributed by atoms with Crippen molar-refractivity contribution in [2.75, 3.05) is 17.3 Å². The van der Waals surface area contributed by atoms with Gasteiger partial charge in [-0.1, -0.05) is 51.8 Å². The number of hydrogen-bond acceptors (Lipinski definition) is 19. The maximum atomic E-state index is 12.5. The number of nitrogens with zero attached hydrogens (tertiary/aromatic N) is 11. The molecule has 4 N–H and O–H groups in total. The van der Waals surface area contributed by atoms with E-state index in [2.05, 4.69) is 45.1 Å². The smallest absolute Gasteiger partial charge is 0.435 e. The van der Waals surface area contributed by atoms with E-state index in [9.17, 15) is 57.6 Å². The minimum atomic E-state index is -4.66. The molecule has 0 unspecified atom stereocenters. The molecule has 0 atom stereocenters. The molecule has 0 aliphatic rings. The van der Waals surface area contributed by atoms with Crippen molar-refractivity contribution < 1.29 is 78.0 Å². The third-order valence-electron chi connectivity index (χ3n) is 9.53. The monoisotopic (exact) mass is 1120 g/mol. The Morgan fingerprint density at radius 2 is 1.07 bits per heavy atom. The molecule has 0 fully saturated rings. The second-order valence-electron chi connectivity index (χ2n) is 14.5. The van der Waals surface area contributed by atoms with Crippen LogP contribution in [-0.4, -0.2) is 141 Å². The average Bonchev–Trinajstić information content (AvgIpc) is 4.12. The van der Waals surface area contributed by atoms with Crippen LogP contribution in [0.1, 0.15) is 87.3 Å². The van der Waals surface area contributed by atoms with Crippen LogP contribution in [0.2, 0.25) is 5.15 Å². The zero-order chi connectivity index (χ0) is 56.1. The summed E-state index contributed by atoms with van der Waals surface area (Å²) in [5.74, 6) is -6.01. The van der Waals surface area contributed by atoms with Crippen LogP contribution >= 0.6 is 11.6 Å². The Hall–Kier alpha value is -8.16. The van der Waals surface area contributed by atoms with Crippen molar-refractivity contribution >= 4 is 65.0 Å². The van der Waals surface area contributed by atoms with Crippen LogP contribution in [0.5, 0.6) is 0 Å². The molecule has 7 heterocycles. The van der Waals surface area contributed by atoms with E-state index >= 15 is 0 Å². The van der Waals surface area contributed by atoms with Crippen molar-refractivity contribution in [1.29, 1.82) is 0 Å². The van der Waals surface area contributed by atoms with Crippen LogP contribution in [0.3, 0.4) is 0 Å². The number of rotatable bonds is 15. The zero-order valence-electron chi connectivity index (χ0n) is 39.2. The first kappa shape index (κ1) is 59.4. The fraction of sp³-hybridized carbons (Fsp3) is 0.233. The molecule has 7 rings (SSSR count). The highest BCUT2D eigenvalue weighted by molar-refractivity contribution is 7.92. The molecule has 398 valence electrons. The summed E-state index contributed by atoms with van der Waals surface area (Å²) in [5, 5.41) is 43.4. The second kappa shape index (κ2) is 25.2. The van der Waals surface area contributed by atoms with Gasteiger partial charge in [0.25, 0.3) is 0 Å². The standard InChI is InChI=1S/C12H10F3N3O4S.C12H11N3O4S.C10H10N4O4S.C9H10ClNO2/c1-2-23(21,22)7-3-4-9(16-10(7)11(19)20)18-6-5-8(17-18)12(13,14)15;1-2-20(18,19)9-5-4-8(15-10(9)12(16)17)11-13-6-3-7-14-11;1-2-19(17,18)7-3-4-8(13-9(7)10(15)16)14-6-11-5-12-14;1-2-3-6-4-5-7(10)11-8(6)9(12)13/h3-6H,2H2,1H3,(H,19,20);3-7H,2H2,1H3,(H,16,17);3-6H,2H2,1H3,(H,15,16);4-5H,2-3H2,1H3,(H,12,13). The maximum absolute atomic E-state index is 12.5. The van der Waals surface area contributed by atoms with Gasteiger partial charge in [0.15, 0.2) is 75.4 Å². The maximum Gasteiger partial charge on any atom is 0.435 e. The summed E-state index contributed by atoms with van der Waals surface area (Å²) in [7, 11) is -11.1. The van der Waals surface area contributed by atoms with Gasteiger partial charge in [-0.2, -0.15) is 23.4 Å². The fourth-order valence-corrected chi connectivity index (χ4v) is 9.05. The molecule has 7 aromatic rings. The highest BCUT2D eigenvalue weighted by atomic mass is 35.5. The fourth-order valence-electron chi connectivity index (χ4n) is 5.86. The van der Waals surface area contributed by atoms with Crippen LogP contribution < -0.4 is 0 Å². The van der Waals surface area contributed by atoms with E-state index in [1.807, 2.05) is 6.92 Å². The number of carboxylic acids is 4. The molecule has 0 saturated carbocycles. The number of alkyl halides is 3. The lowest BCUT2D eigenvalue weighted by atomic mass is 10.1. The SMILES string of the molecule is CCCc1ccc(Cl)nc1C(=O)O.CCS(=O)(=O)c1ccc(-c2ncccn2)nc1C(=O)O.CCS(=O)(=O)c1ccc(-n2ccc(C(F)(F)F)n2)nc1C(=O)O.CCS(=O)(=O)c1ccc(-n2cncn2)nc1C(=O)O. The minimum Gasteiger partial charge on any atom is -0.477 e. The first-order valence-corrected chi connectivity index (χ1v) is 26.5. The average molecular weight is 1120 g/mol. The van der Waals surface area contributed by atoms with E-state index in [1.165, 1.54) is 74.8 Å². The molecule has 0 amide bonds. The summed E-state index contributed by atoms with van der Waals surface area (Å²) in [6, 6.07) is 12.9. The Morgan fingerprint density at radius 1 is 0.600 bits per heavy atom. The molecule has 0 aliphatic heterocycles. The molecule has 7 aromatic heterocycles. The van der Waals surface area contributed by atoms with Crippen molar-refractivity contribution in [3.05, 3.63) is 131 Å². The lowest BCUT2D eigenvalue weighted by Gasteiger charge is -2.08. The zero-order valence-corrected chi connectivity index (χ0v) is 42.4. The molecule has 75 heavy (non-hydrogen) atoms. The molecular formula is C43H41ClF3N11O14S3. The van der Waals surface area contributed by atoms with Crippen LogP contribution in [0.25, 0.3) is 23.2 Å². The van der Waals surface area contributed by atoms with Crippen molar-refractivity contribution in [1.82, 2.24) is 54.4 Å². The van der Waals surface area contributed by atoms with Crippen LogP contribution in [-0.2, 0) is 42.1 Å². The molecule has 0 aromatic carbocycles. The third kappa shape index (κ3) is 15.4. The summed E-state index contributed by atoms with van der Waals surface area (Å²) < 4.78 is 110. The van der Waals surface area contributed by atoms with E-state index in [4.69, 9.17) is 32.0 Å². The van der Waals surface area contributed by atoms with E-state index in [1.54, 1.807) is 18.2 Å². The number of halogens is 4. The van der Waals surface area contributed by atoms with Crippen LogP contribution in [0.15, 0.2) is 107 Å². The van der Waals surface area contributed by atoms with E-state index in [-0.39, 0.29) is 61.1 Å².